The molecule has 1 aromatic heterocycles. The molecular formula is C35H37NO4S. The fourth-order valence-corrected chi connectivity index (χ4v) is 6.58. The van der Waals surface area contributed by atoms with E-state index in [1.807, 2.05) is 48.5 Å². The van der Waals surface area contributed by atoms with Gasteiger partial charge in [0.05, 0.1) is 17.7 Å². The first kappa shape index (κ1) is 27.4. The van der Waals surface area contributed by atoms with Crippen LogP contribution in [-0.2, 0) is 11.3 Å². The zero-order valence-corrected chi connectivity index (χ0v) is 24.5. The molecule has 4 aromatic rings. The van der Waals surface area contributed by atoms with Gasteiger partial charge in [0.1, 0.15) is 30.5 Å². The summed E-state index contributed by atoms with van der Waals surface area (Å²) in [6, 6.07) is 24.5. The number of likely N-dealkylation sites (tertiary alicyclic amines) is 1. The normalized spacial score (nSPS) is 15.7. The Bertz CT molecular complexity index is 1500. The molecule has 0 radical (unpaired) electrons. The summed E-state index contributed by atoms with van der Waals surface area (Å²) in [4.78, 5) is 3.64. The summed E-state index contributed by atoms with van der Waals surface area (Å²) >= 11 is 1.75. The number of thiophene rings is 1. The number of methoxy groups -OCH3 is 1. The van der Waals surface area contributed by atoms with Gasteiger partial charge in [-0.25, -0.2) is 0 Å². The van der Waals surface area contributed by atoms with Crippen molar-refractivity contribution in [3.63, 3.8) is 0 Å². The van der Waals surface area contributed by atoms with E-state index in [0.29, 0.717) is 13.2 Å². The zero-order valence-electron chi connectivity index (χ0n) is 23.6. The fourth-order valence-electron chi connectivity index (χ4n) is 5.37. The van der Waals surface area contributed by atoms with Crippen LogP contribution in [0.1, 0.15) is 42.5 Å². The summed E-state index contributed by atoms with van der Waals surface area (Å²) in [7, 11) is 1.73. The van der Waals surface area contributed by atoms with Crippen molar-refractivity contribution < 1.29 is 18.9 Å². The van der Waals surface area contributed by atoms with Crippen molar-refractivity contribution >= 4 is 27.0 Å². The molecule has 3 aromatic carbocycles. The van der Waals surface area contributed by atoms with Crippen LogP contribution in [0.3, 0.4) is 0 Å². The van der Waals surface area contributed by atoms with Crippen molar-refractivity contribution in [1.29, 1.82) is 0 Å². The monoisotopic (exact) mass is 567 g/mol. The third kappa shape index (κ3) is 6.95. The van der Waals surface area contributed by atoms with Crippen molar-refractivity contribution in [1.82, 2.24) is 4.90 Å². The van der Waals surface area contributed by atoms with E-state index in [0.717, 1.165) is 68.7 Å². The second-order valence-corrected chi connectivity index (χ2v) is 11.6. The minimum Gasteiger partial charge on any atom is -0.501 e. The van der Waals surface area contributed by atoms with Crippen LogP contribution in [0.5, 0.6) is 23.0 Å². The van der Waals surface area contributed by atoms with Crippen LogP contribution in [-0.4, -0.2) is 38.3 Å². The summed E-state index contributed by atoms with van der Waals surface area (Å²) in [6.07, 6.45) is 9.96. The van der Waals surface area contributed by atoms with Gasteiger partial charge in [-0.1, -0.05) is 42.8 Å². The number of rotatable bonds is 11. The number of hydrogen-bond donors (Lipinski definition) is 0. The fraction of sp³-hybridized carbons (Fsp3) is 0.314. The van der Waals surface area contributed by atoms with E-state index in [-0.39, 0.29) is 0 Å². The quantitative estimate of drug-likeness (QED) is 0.181. The smallest absolute Gasteiger partial charge is 0.153 e. The van der Waals surface area contributed by atoms with Gasteiger partial charge >= 0.3 is 0 Å². The lowest BCUT2D eigenvalue weighted by molar-refractivity contribution is 0.183. The molecular weight excluding hydrogens is 530 g/mol. The van der Waals surface area contributed by atoms with E-state index in [9.17, 15) is 0 Å². The lowest BCUT2D eigenvalue weighted by atomic mass is 10.0. The number of hydrogen-bond acceptors (Lipinski definition) is 6. The molecule has 5 nitrogen and oxygen atoms in total. The first-order chi connectivity index (χ1) is 20.2. The average Bonchev–Trinajstić information content (AvgIpc) is 3.39. The molecule has 1 fully saturated rings. The van der Waals surface area contributed by atoms with Crippen LogP contribution in [0.2, 0.25) is 0 Å². The molecule has 212 valence electrons. The predicted molar refractivity (Wildman–Crippen MR) is 167 cm³/mol. The SMILES string of the molecule is COC1=CC=C(c2sc3cc(OCc4ccccc4)ccc3c2Oc2ccc(OCCN3CCCCC3)cc2)CC1. The van der Waals surface area contributed by atoms with E-state index < -0.39 is 0 Å². The Kier molecular flexibility index (Phi) is 8.89. The molecule has 1 aliphatic heterocycles. The van der Waals surface area contributed by atoms with Crippen molar-refractivity contribution in [2.75, 3.05) is 33.4 Å². The number of piperidine rings is 1. The third-order valence-electron chi connectivity index (χ3n) is 7.70. The van der Waals surface area contributed by atoms with Crippen LogP contribution in [0.25, 0.3) is 15.7 Å². The van der Waals surface area contributed by atoms with Crippen LogP contribution >= 0.6 is 11.3 Å². The van der Waals surface area contributed by atoms with Crippen molar-refractivity contribution in [3.05, 3.63) is 101 Å². The molecule has 6 rings (SSSR count). The molecule has 41 heavy (non-hydrogen) atoms. The van der Waals surface area contributed by atoms with Crippen LogP contribution in [0.4, 0.5) is 0 Å². The Balaban J connectivity index is 1.20. The number of fused-ring (bicyclic) bond motifs is 1. The second kappa shape index (κ2) is 13.3. The summed E-state index contributed by atoms with van der Waals surface area (Å²) in [5.41, 5.74) is 2.40. The number of allylic oxidation sites excluding steroid dienone is 4. The molecule has 0 unspecified atom stereocenters. The molecule has 0 atom stereocenters. The minimum absolute atomic E-state index is 0.538. The van der Waals surface area contributed by atoms with Crippen molar-refractivity contribution in [2.45, 2.75) is 38.7 Å². The summed E-state index contributed by atoms with van der Waals surface area (Å²) in [5.74, 6) is 4.41. The largest absolute Gasteiger partial charge is 0.501 e. The highest BCUT2D eigenvalue weighted by Gasteiger charge is 2.20. The molecule has 0 saturated carbocycles. The molecule has 0 bridgehead atoms. The van der Waals surface area contributed by atoms with Gasteiger partial charge in [0.2, 0.25) is 0 Å². The standard InChI is InChI=1S/C35H37NO4S/c1-37-28-12-10-27(11-13-28)35-34(32-19-18-31(24-33(32)41-35)39-25-26-8-4-2-5-9-26)40-30-16-14-29(15-17-30)38-23-22-36-20-6-3-7-21-36/h2,4-5,8-10,12,14-19,24H,3,6-7,11,13,20-23,25H2,1H3. The van der Waals surface area contributed by atoms with E-state index in [1.54, 1.807) is 18.4 Å². The van der Waals surface area contributed by atoms with E-state index in [4.69, 9.17) is 18.9 Å². The van der Waals surface area contributed by atoms with E-state index in [2.05, 4.69) is 41.3 Å². The number of benzene rings is 3. The summed E-state index contributed by atoms with van der Waals surface area (Å²) in [5, 5.41) is 1.08. The summed E-state index contributed by atoms with van der Waals surface area (Å²) in [6.45, 7) is 4.60. The molecule has 2 heterocycles. The molecule has 0 spiro atoms. The van der Waals surface area contributed by atoms with Crippen LogP contribution < -0.4 is 14.2 Å². The highest BCUT2D eigenvalue weighted by atomic mass is 32.1. The van der Waals surface area contributed by atoms with Crippen LogP contribution in [0.15, 0.2) is 90.7 Å². The van der Waals surface area contributed by atoms with Crippen LogP contribution in [0, 0.1) is 0 Å². The van der Waals surface area contributed by atoms with Gasteiger partial charge < -0.3 is 18.9 Å². The molecule has 6 heteroatoms. The molecule has 0 amide bonds. The Hall–Kier alpha value is -3.74. The number of ether oxygens (including phenoxy) is 4. The maximum absolute atomic E-state index is 6.61. The Morgan fingerprint density at radius 3 is 2.32 bits per heavy atom. The highest BCUT2D eigenvalue weighted by Crippen LogP contribution is 2.47. The highest BCUT2D eigenvalue weighted by molar-refractivity contribution is 7.20. The van der Waals surface area contributed by atoms with Gasteiger partial charge in [-0.15, -0.1) is 11.3 Å². The van der Waals surface area contributed by atoms with Gasteiger partial charge in [-0.3, -0.25) is 4.90 Å². The lowest BCUT2D eigenvalue weighted by Gasteiger charge is -2.26. The third-order valence-corrected chi connectivity index (χ3v) is 8.91. The van der Waals surface area contributed by atoms with Crippen molar-refractivity contribution in [2.24, 2.45) is 0 Å². The van der Waals surface area contributed by atoms with E-state index in [1.165, 1.54) is 37.9 Å². The molecule has 1 saturated heterocycles. The predicted octanol–water partition coefficient (Wildman–Crippen LogP) is 8.84. The Morgan fingerprint density at radius 1 is 0.780 bits per heavy atom. The van der Waals surface area contributed by atoms with Gasteiger partial charge in [0.25, 0.3) is 0 Å². The maximum Gasteiger partial charge on any atom is 0.153 e. The molecule has 2 aliphatic rings. The topological polar surface area (TPSA) is 40.2 Å². The first-order valence-electron chi connectivity index (χ1n) is 14.6. The van der Waals surface area contributed by atoms with Crippen molar-refractivity contribution in [3.8, 4) is 23.0 Å². The van der Waals surface area contributed by atoms with Gasteiger partial charge in [0.15, 0.2) is 5.75 Å². The van der Waals surface area contributed by atoms with Gasteiger partial charge in [-0.05, 0) is 92.0 Å². The Labute approximate surface area is 246 Å². The van der Waals surface area contributed by atoms with E-state index >= 15 is 0 Å². The Morgan fingerprint density at radius 2 is 1.56 bits per heavy atom. The summed E-state index contributed by atoms with van der Waals surface area (Å²) < 4.78 is 25.4. The second-order valence-electron chi connectivity index (χ2n) is 10.5. The number of nitrogens with zero attached hydrogens (tertiary/aromatic N) is 1. The minimum atomic E-state index is 0.538. The first-order valence-corrected chi connectivity index (χ1v) is 15.4. The zero-order chi connectivity index (χ0) is 27.9. The maximum atomic E-state index is 6.61. The van der Waals surface area contributed by atoms with Gasteiger partial charge in [-0.2, -0.15) is 0 Å². The molecule has 0 N–H and O–H groups in total. The lowest BCUT2D eigenvalue weighted by Crippen LogP contribution is -2.33. The van der Waals surface area contributed by atoms with Gasteiger partial charge in [0, 0.05) is 23.1 Å². The molecule has 1 aliphatic carbocycles. The average molecular weight is 568 g/mol.